The van der Waals surface area contributed by atoms with Crippen molar-refractivity contribution in [2.45, 2.75) is 6.42 Å². The maximum atomic E-state index is 10.5. The Morgan fingerprint density at radius 1 is 1.06 bits per heavy atom. The van der Waals surface area contributed by atoms with Gasteiger partial charge in [0.2, 0.25) is 0 Å². The van der Waals surface area contributed by atoms with Crippen molar-refractivity contribution < 1.29 is 15.0 Å². The molecule has 0 fully saturated rings. The van der Waals surface area contributed by atoms with Crippen LogP contribution in [-0.2, 0) is 11.2 Å². The van der Waals surface area contributed by atoms with Gasteiger partial charge in [-0.05, 0) is 16.3 Å². The van der Waals surface area contributed by atoms with Crippen LogP contribution in [0.2, 0.25) is 0 Å². The number of aliphatic hydroxyl groups excluding tert-OH is 1. The largest absolute Gasteiger partial charge is 0.481 e. The summed E-state index contributed by atoms with van der Waals surface area (Å²) in [5, 5.41) is 17.9. The van der Waals surface area contributed by atoms with Crippen LogP contribution in [0.3, 0.4) is 0 Å². The molecule has 84 valence electrons. The summed E-state index contributed by atoms with van der Waals surface area (Å²) in [7, 11) is 1.00. The van der Waals surface area contributed by atoms with Gasteiger partial charge in [0, 0.05) is 7.11 Å². The van der Waals surface area contributed by atoms with Crippen molar-refractivity contribution in [2.24, 2.45) is 0 Å². The quantitative estimate of drug-likeness (QED) is 0.811. The first-order valence-corrected chi connectivity index (χ1v) is 4.90. The van der Waals surface area contributed by atoms with E-state index in [4.69, 9.17) is 10.2 Å². The Morgan fingerprint density at radius 3 is 2.31 bits per heavy atom. The van der Waals surface area contributed by atoms with Gasteiger partial charge in [-0.3, -0.25) is 4.79 Å². The molecule has 0 spiro atoms. The van der Waals surface area contributed by atoms with Gasteiger partial charge in [-0.1, -0.05) is 42.5 Å². The van der Waals surface area contributed by atoms with E-state index in [9.17, 15) is 4.79 Å². The third kappa shape index (κ3) is 3.07. The van der Waals surface area contributed by atoms with Crippen LogP contribution < -0.4 is 0 Å². The van der Waals surface area contributed by atoms with Gasteiger partial charge in [-0.2, -0.15) is 0 Å². The smallest absolute Gasteiger partial charge is 0.307 e. The lowest BCUT2D eigenvalue weighted by Gasteiger charge is -2.00. The van der Waals surface area contributed by atoms with Crippen LogP contribution in [0.4, 0.5) is 0 Å². The average molecular weight is 218 g/mol. The first kappa shape index (κ1) is 12.2. The summed E-state index contributed by atoms with van der Waals surface area (Å²) in [4.78, 5) is 10.5. The predicted octanol–water partition coefficient (Wildman–Crippen LogP) is 2.08. The van der Waals surface area contributed by atoms with E-state index in [-0.39, 0.29) is 6.42 Å². The van der Waals surface area contributed by atoms with Gasteiger partial charge < -0.3 is 10.2 Å². The number of fused-ring (bicyclic) bond motifs is 1. The molecule has 3 nitrogen and oxygen atoms in total. The second-order valence-electron chi connectivity index (χ2n) is 3.25. The lowest BCUT2D eigenvalue weighted by molar-refractivity contribution is -0.136. The lowest BCUT2D eigenvalue weighted by Crippen LogP contribution is -1.99. The van der Waals surface area contributed by atoms with Crippen molar-refractivity contribution in [2.75, 3.05) is 7.11 Å². The van der Waals surface area contributed by atoms with Crippen molar-refractivity contribution in [1.82, 2.24) is 0 Å². The Bertz CT molecular complexity index is 477. The number of carboxylic acids is 1. The summed E-state index contributed by atoms with van der Waals surface area (Å²) >= 11 is 0. The van der Waals surface area contributed by atoms with Crippen molar-refractivity contribution in [1.29, 1.82) is 0 Å². The highest BCUT2D eigenvalue weighted by atomic mass is 16.4. The Hall–Kier alpha value is -1.87. The van der Waals surface area contributed by atoms with Gasteiger partial charge in [-0.25, -0.2) is 0 Å². The normalized spacial score (nSPS) is 9.38. The molecule has 2 aromatic carbocycles. The molecule has 16 heavy (non-hydrogen) atoms. The molecule has 0 radical (unpaired) electrons. The highest BCUT2D eigenvalue weighted by Crippen LogP contribution is 2.15. The maximum Gasteiger partial charge on any atom is 0.307 e. The van der Waals surface area contributed by atoms with Gasteiger partial charge in [0.1, 0.15) is 0 Å². The molecule has 0 atom stereocenters. The number of aliphatic hydroxyl groups is 1. The Kier molecular flexibility index (Phi) is 4.48. The van der Waals surface area contributed by atoms with Crippen LogP contribution in [-0.4, -0.2) is 23.3 Å². The van der Waals surface area contributed by atoms with Crippen LogP contribution in [0.25, 0.3) is 10.8 Å². The van der Waals surface area contributed by atoms with Crippen LogP contribution in [0.15, 0.2) is 42.5 Å². The molecule has 0 aliphatic heterocycles. The third-order valence-corrected chi connectivity index (χ3v) is 2.17. The molecule has 0 heterocycles. The van der Waals surface area contributed by atoms with Gasteiger partial charge in [-0.15, -0.1) is 0 Å². The number of hydrogen-bond donors (Lipinski definition) is 2. The zero-order valence-electron chi connectivity index (χ0n) is 9.05. The molecule has 0 amide bonds. The molecule has 0 saturated heterocycles. The van der Waals surface area contributed by atoms with E-state index in [0.29, 0.717) is 0 Å². The summed E-state index contributed by atoms with van der Waals surface area (Å²) < 4.78 is 0. The number of hydrogen-bond acceptors (Lipinski definition) is 2. The van der Waals surface area contributed by atoms with Crippen molar-refractivity contribution in [3.05, 3.63) is 48.0 Å². The molecule has 3 heteroatoms. The molecule has 0 saturated carbocycles. The molecule has 2 rings (SSSR count). The van der Waals surface area contributed by atoms with E-state index in [1.807, 2.05) is 42.5 Å². The molecular weight excluding hydrogens is 204 g/mol. The van der Waals surface area contributed by atoms with Crippen molar-refractivity contribution in [3.63, 3.8) is 0 Å². The fourth-order valence-electron chi connectivity index (χ4n) is 1.52. The van der Waals surface area contributed by atoms with Gasteiger partial charge >= 0.3 is 5.97 Å². The van der Waals surface area contributed by atoms with E-state index < -0.39 is 5.97 Å². The highest BCUT2D eigenvalue weighted by molar-refractivity contribution is 5.84. The fourth-order valence-corrected chi connectivity index (χ4v) is 1.52. The average Bonchev–Trinajstić information content (AvgIpc) is 2.31. The zero-order valence-corrected chi connectivity index (χ0v) is 9.05. The summed E-state index contributed by atoms with van der Waals surface area (Å²) in [5.74, 6) is -0.791. The minimum atomic E-state index is -0.791. The molecule has 2 aromatic rings. The summed E-state index contributed by atoms with van der Waals surface area (Å²) in [6.45, 7) is 0. The SMILES string of the molecule is CO.O=C(O)Cc1ccc2ccccc2c1. The van der Waals surface area contributed by atoms with Crippen LogP contribution >= 0.6 is 0 Å². The van der Waals surface area contributed by atoms with E-state index in [1.54, 1.807) is 0 Å². The van der Waals surface area contributed by atoms with Crippen LogP contribution in [0.5, 0.6) is 0 Å². The molecule has 0 aliphatic rings. The lowest BCUT2D eigenvalue weighted by atomic mass is 10.1. The molecule has 0 unspecified atom stereocenters. The van der Waals surface area contributed by atoms with Crippen LogP contribution in [0, 0.1) is 0 Å². The molecule has 0 bridgehead atoms. The number of aliphatic carboxylic acids is 1. The second kappa shape index (κ2) is 5.88. The van der Waals surface area contributed by atoms with E-state index in [1.165, 1.54) is 0 Å². The number of carboxylic acid groups (broad SMARTS) is 1. The fraction of sp³-hybridized carbons (Fsp3) is 0.154. The zero-order chi connectivity index (χ0) is 12.0. The Labute approximate surface area is 94.0 Å². The van der Waals surface area contributed by atoms with Crippen molar-refractivity contribution in [3.8, 4) is 0 Å². The Morgan fingerprint density at radius 2 is 1.69 bits per heavy atom. The minimum absolute atomic E-state index is 0.0881. The standard InChI is InChI=1S/C12H10O2.CH4O/c13-12(14)8-9-5-6-10-3-1-2-4-11(10)7-9;1-2/h1-7H,8H2,(H,13,14);2H,1H3. The monoisotopic (exact) mass is 218 g/mol. The van der Waals surface area contributed by atoms with Crippen molar-refractivity contribution >= 4 is 16.7 Å². The van der Waals surface area contributed by atoms with E-state index >= 15 is 0 Å². The first-order chi connectivity index (χ1) is 7.75. The number of carbonyl (C=O) groups is 1. The summed E-state index contributed by atoms with van der Waals surface area (Å²) in [6.07, 6.45) is 0.0881. The maximum absolute atomic E-state index is 10.5. The van der Waals surface area contributed by atoms with Gasteiger partial charge in [0.05, 0.1) is 6.42 Å². The third-order valence-electron chi connectivity index (χ3n) is 2.17. The summed E-state index contributed by atoms with van der Waals surface area (Å²) in [5.41, 5.74) is 0.844. The molecule has 0 aliphatic carbocycles. The highest BCUT2D eigenvalue weighted by Gasteiger charge is 2.00. The van der Waals surface area contributed by atoms with E-state index in [0.717, 1.165) is 23.4 Å². The van der Waals surface area contributed by atoms with Gasteiger partial charge in [0.15, 0.2) is 0 Å². The number of rotatable bonds is 2. The minimum Gasteiger partial charge on any atom is -0.481 e. The molecule has 0 aromatic heterocycles. The summed E-state index contributed by atoms with van der Waals surface area (Å²) in [6, 6.07) is 13.7. The molecular formula is C13H14O3. The second-order valence-corrected chi connectivity index (χ2v) is 3.25. The number of benzene rings is 2. The van der Waals surface area contributed by atoms with Crippen LogP contribution in [0.1, 0.15) is 5.56 Å². The molecule has 2 N–H and O–H groups in total. The topological polar surface area (TPSA) is 57.5 Å². The predicted molar refractivity (Wildman–Crippen MR) is 63.4 cm³/mol. The first-order valence-electron chi connectivity index (χ1n) is 4.90. The Balaban J connectivity index is 0.000000606. The van der Waals surface area contributed by atoms with Gasteiger partial charge in [0.25, 0.3) is 0 Å². The van der Waals surface area contributed by atoms with E-state index in [2.05, 4.69) is 0 Å².